The van der Waals surface area contributed by atoms with E-state index in [1.165, 1.54) is 0 Å². The summed E-state index contributed by atoms with van der Waals surface area (Å²) in [5.41, 5.74) is 2.43. The fourth-order valence-corrected chi connectivity index (χ4v) is 2.55. The number of hydrogen-bond acceptors (Lipinski definition) is 4. The first kappa shape index (κ1) is 22.4. The monoisotopic (exact) mass is 416 g/mol. The molecule has 0 saturated carbocycles. The minimum atomic E-state index is -0.689. The molecule has 0 unspecified atom stereocenters. The van der Waals surface area contributed by atoms with Crippen molar-refractivity contribution in [1.29, 1.82) is 0 Å². The van der Waals surface area contributed by atoms with Gasteiger partial charge in [-0.3, -0.25) is 14.4 Å². The smallest absolute Gasteiger partial charge is 0.325 e. The number of amides is 2. The lowest BCUT2D eigenvalue weighted by Crippen LogP contribution is -2.33. The Morgan fingerprint density at radius 1 is 0.931 bits per heavy atom. The van der Waals surface area contributed by atoms with E-state index in [0.717, 1.165) is 11.1 Å². The molecule has 0 bridgehead atoms. The highest BCUT2D eigenvalue weighted by Crippen LogP contribution is 2.22. The molecular weight excluding hydrogens is 392 g/mol. The molecule has 0 fully saturated rings. The van der Waals surface area contributed by atoms with Gasteiger partial charge in [-0.05, 0) is 40.8 Å². The third-order valence-corrected chi connectivity index (χ3v) is 4.43. The summed E-state index contributed by atoms with van der Waals surface area (Å²) in [6.45, 7) is 5.83. The van der Waals surface area contributed by atoms with Crippen molar-refractivity contribution in [1.82, 2.24) is 10.6 Å². The van der Waals surface area contributed by atoms with Gasteiger partial charge < -0.3 is 15.4 Å². The molecule has 0 spiro atoms. The van der Waals surface area contributed by atoms with Gasteiger partial charge in [0.25, 0.3) is 11.8 Å². The molecule has 2 N–H and O–H groups in total. The number of nitrogens with one attached hydrogen (secondary N) is 2. The second-order valence-electron chi connectivity index (χ2n) is 7.57. The minimum Gasteiger partial charge on any atom is -0.454 e. The third-order valence-electron chi connectivity index (χ3n) is 4.17. The maximum absolute atomic E-state index is 12.1. The lowest BCUT2D eigenvalue weighted by molar-refractivity contribution is -0.147. The third kappa shape index (κ3) is 7.58. The van der Waals surface area contributed by atoms with Gasteiger partial charge in [0.1, 0.15) is 6.54 Å². The number of rotatable bonds is 7. The number of carbonyl (C=O) groups is 3. The second-order valence-corrected chi connectivity index (χ2v) is 8.01. The van der Waals surface area contributed by atoms with Crippen molar-refractivity contribution >= 4 is 29.4 Å². The Morgan fingerprint density at radius 2 is 1.55 bits per heavy atom. The van der Waals surface area contributed by atoms with E-state index in [4.69, 9.17) is 16.3 Å². The topological polar surface area (TPSA) is 84.5 Å². The van der Waals surface area contributed by atoms with Gasteiger partial charge in [0, 0.05) is 17.1 Å². The molecule has 0 atom stereocenters. The molecule has 7 heteroatoms. The van der Waals surface area contributed by atoms with E-state index in [-0.39, 0.29) is 17.9 Å². The maximum Gasteiger partial charge on any atom is 0.325 e. The molecule has 2 aromatic carbocycles. The molecule has 6 nitrogen and oxygen atoms in total. The molecule has 0 saturated heterocycles. The molecule has 154 valence electrons. The van der Waals surface area contributed by atoms with Crippen molar-refractivity contribution in [3.63, 3.8) is 0 Å². The zero-order valence-corrected chi connectivity index (χ0v) is 17.5. The van der Waals surface area contributed by atoms with Gasteiger partial charge >= 0.3 is 5.97 Å². The molecule has 2 rings (SSSR count). The molecule has 0 heterocycles. The van der Waals surface area contributed by atoms with Crippen LogP contribution in [-0.4, -0.2) is 30.9 Å². The summed E-state index contributed by atoms with van der Waals surface area (Å²) in [4.78, 5) is 35.6. The van der Waals surface area contributed by atoms with Crippen LogP contribution < -0.4 is 10.6 Å². The van der Waals surface area contributed by atoms with E-state index in [1.807, 2.05) is 12.1 Å². The quantitative estimate of drug-likeness (QED) is 0.678. The van der Waals surface area contributed by atoms with E-state index >= 15 is 0 Å². The van der Waals surface area contributed by atoms with Gasteiger partial charge in [-0.15, -0.1) is 0 Å². The number of ether oxygens (including phenoxy) is 1. The number of esters is 1. The van der Waals surface area contributed by atoms with Crippen LogP contribution in [0.15, 0.2) is 48.5 Å². The predicted molar refractivity (Wildman–Crippen MR) is 112 cm³/mol. The molecule has 0 aliphatic rings. The summed E-state index contributed by atoms with van der Waals surface area (Å²) in [7, 11) is 0. The first-order valence-electron chi connectivity index (χ1n) is 9.20. The standard InChI is InChI=1S/C22H25ClN2O4/c1-22(2,3)17-8-6-16(7-9-17)21(28)25-13-20(27)29-14-19(26)24-12-15-4-10-18(23)11-5-15/h4-11H,12-14H2,1-3H3,(H,24,26)(H,25,28). The van der Waals surface area contributed by atoms with Crippen LogP contribution in [0.4, 0.5) is 0 Å². The average molecular weight is 417 g/mol. The van der Waals surface area contributed by atoms with E-state index in [9.17, 15) is 14.4 Å². The Bertz CT molecular complexity index is 856. The SMILES string of the molecule is CC(C)(C)c1ccc(C(=O)NCC(=O)OCC(=O)NCc2ccc(Cl)cc2)cc1. The van der Waals surface area contributed by atoms with Gasteiger partial charge in [-0.1, -0.05) is 56.6 Å². The molecule has 0 radical (unpaired) electrons. The summed E-state index contributed by atoms with van der Waals surface area (Å²) in [5.74, 6) is -1.50. The van der Waals surface area contributed by atoms with E-state index in [1.54, 1.807) is 36.4 Å². The van der Waals surface area contributed by atoms with Crippen molar-refractivity contribution in [2.45, 2.75) is 32.7 Å². The van der Waals surface area contributed by atoms with Gasteiger partial charge in [0.2, 0.25) is 0 Å². The Morgan fingerprint density at radius 3 is 2.14 bits per heavy atom. The zero-order chi connectivity index (χ0) is 21.4. The first-order valence-corrected chi connectivity index (χ1v) is 9.58. The maximum atomic E-state index is 12.1. The fraction of sp³-hybridized carbons (Fsp3) is 0.318. The highest BCUT2D eigenvalue weighted by Gasteiger charge is 2.15. The number of carbonyl (C=O) groups excluding carboxylic acids is 3. The second kappa shape index (κ2) is 10.1. The number of benzene rings is 2. The zero-order valence-electron chi connectivity index (χ0n) is 16.8. The number of halogens is 1. The average Bonchev–Trinajstić information content (AvgIpc) is 2.69. The summed E-state index contributed by atoms with van der Waals surface area (Å²) >= 11 is 5.80. The Balaban J connectivity index is 1.70. The van der Waals surface area contributed by atoms with Crippen LogP contribution in [0.2, 0.25) is 5.02 Å². The van der Waals surface area contributed by atoms with Crippen molar-refractivity contribution in [2.24, 2.45) is 0 Å². The predicted octanol–water partition coefficient (Wildman–Crippen LogP) is 3.23. The van der Waals surface area contributed by atoms with E-state index in [0.29, 0.717) is 17.1 Å². The van der Waals surface area contributed by atoms with Crippen LogP contribution in [0.1, 0.15) is 42.3 Å². The van der Waals surface area contributed by atoms with Crippen LogP contribution in [-0.2, 0) is 26.3 Å². The minimum absolute atomic E-state index is 0.00700. The largest absolute Gasteiger partial charge is 0.454 e. The van der Waals surface area contributed by atoms with Gasteiger partial charge in [0.15, 0.2) is 6.61 Å². The molecule has 0 aliphatic heterocycles. The van der Waals surface area contributed by atoms with Crippen LogP contribution >= 0.6 is 11.6 Å². The lowest BCUT2D eigenvalue weighted by atomic mass is 9.87. The first-order chi connectivity index (χ1) is 13.6. The normalized spacial score (nSPS) is 10.9. The summed E-state index contributed by atoms with van der Waals surface area (Å²) < 4.78 is 4.87. The van der Waals surface area contributed by atoms with Crippen molar-refractivity contribution in [2.75, 3.05) is 13.2 Å². The van der Waals surface area contributed by atoms with Crippen LogP contribution in [0.25, 0.3) is 0 Å². The highest BCUT2D eigenvalue weighted by atomic mass is 35.5. The van der Waals surface area contributed by atoms with E-state index < -0.39 is 18.5 Å². The Labute approximate surface area is 175 Å². The summed E-state index contributed by atoms with van der Waals surface area (Å²) in [6.07, 6.45) is 0. The Kier molecular flexibility index (Phi) is 7.79. The van der Waals surface area contributed by atoms with Gasteiger partial charge in [-0.25, -0.2) is 0 Å². The molecule has 2 aromatic rings. The van der Waals surface area contributed by atoms with Crippen LogP contribution in [0.5, 0.6) is 0 Å². The summed E-state index contributed by atoms with van der Waals surface area (Å²) in [5, 5.41) is 5.73. The fourth-order valence-electron chi connectivity index (χ4n) is 2.43. The van der Waals surface area contributed by atoms with Crippen molar-refractivity contribution in [3.8, 4) is 0 Å². The van der Waals surface area contributed by atoms with Crippen LogP contribution in [0, 0.1) is 0 Å². The molecule has 29 heavy (non-hydrogen) atoms. The molecule has 2 amide bonds. The Hall–Kier alpha value is -2.86. The van der Waals surface area contributed by atoms with Gasteiger partial charge in [0.05, 0.1) is 0 Å². The molecule has 0 aromatic heterocycles. The van der Waals surface area contributed by atoms with Crippen molar-refractivity contribution < 1.29 is 19.1 Å². The van der Waals surface area contributed by atoms with E-state index in [2.05, 4.69) is 31.4 Å². The lowest BCUT2D eigenvalue weighted by Gasteiger charge is -2.19. The summed E-state index contributed by atoms with van der Waals surface area (Å²) in [6, 6.07) is 14.2. The van der Waals surface area contributed by atoms with Gasteiger partial charge in [-0.2, -0.15) is 0 Å². The highest BCUT2D eigenvalue weighted by molar-refractivity contribution is 6.30. The van der Waals surface area contributed by atoms with Crippen LogP contribution in [0.3, 0.4) is 0 Å². The molecule has 0 aliphatic carbocycles. The molecular formula is C22H25ClN2O4. The van der Waals surface area contributed by atoms with Crippen molar-refractivity contribution in [3.05, 3.63) is 70.2 Å². The number of hydrogen-bond donors (Lipinski definition) is 2.